The maximum atomic E-state index is 11.0. The summed E-state index contributed by atoms with van der Waals surface area (Å²) in [4.78, 5) is 13.4. The van der Waals surface area contributed by atoms with Gasteiger partial charge in [-0.25, -0.2) is 4.79 Å². The van der Waals surface area contributed by atoms with Crippen LogP contribution < -0.4 is 5.32 Å². The number of anilines is 1. The van der Waals surface area contributed by atoms with E-state index < -0.39 is 5.97 Å². The fourth-order valence-corrected chi connectivity index (χ4v) is 3.15. The van der Waals surface area contributed by atoms with Gasteiger partial charge in [-0.05, 0) is 41.1 Å². The van der Waals surface area contributed by atoms with Crippen molar-refractivity contribution in [3.8, 4) is 0 Å². The number of hydrogen-bond donors (Lipinski definition) is 2. The molecule has 1 heterocycles. The zero-order chi connectivity index (χ0) is 13.1. The number of benzene rings is 1. The molecule has 0 radical (unpaired) electrons. The van der Waals surface area contributed by atoms with Gasteiger partial charge >= 0.3 is 5.97 Å². The van der Waals surface area contributed by atoms with E-state index in [1.807, 2.05) is 13.0 Å². The van der Waals surface area contributed by atoms with Crippen LogP contribution in [0.1, 0.15) is 20.1 Å². The van der Waals surface area contributed by atoms with Crippen LogP contribution in [0.3, 0.4) is 0 Å². The summed E-state index contributed by atoms with van der Waals surface area (Å²) >= 11 is 5.16. The van der Waals surface area contributed by atoms with E-state index >= 15 is 0 Å². The van der Waals surface area contributed by atoms with E-state index in [-0.39, 0.29) is 0 Å². The van der Waals surface area contributed by atoms with Gasteiger partial charge in [-0.3, -0.25) is 0 Å². The Kier molecular flexibility index (Phi) is 4.04. The van der Waals surface area contributed by atoms with Gasteiger partial charge in [-0.15, -0.1) is 11.3 Å². The Morgan fingerprint density at radius 1 is 1.44 bits per heavy atom. The lowest BCUT2D eigenvalue weighted by Crippen LogP contribution is -2.05. The average Bonchev–Trinajstić information content (AvgIpc) is 2.66. The molecule has 0 spiro atoms. The Bertz CT molecular complexity index is 561. The third kappa shape index (κ3) is 2.91. The van der Waals surface area contributed by atoms with Crippen molar-refractivity contribution in [3.05, 3.63) is 50.1 Å². The third-order valence-electron chi connectivity index (χ3n) is 2.52. The second-order valence-electron chi connectivity index (χ2n) is 3.82. The first-order valence-electron chi connectivity index (χ1n) is 5.39. The van der Waals surface area contributed by atoms with E-state index in [4.69, 9.17) is 5.11 Å². The lowest BCUT2D eigenvalue weighted by atomic mass is 10.2. The summed E-state index contributed by atoms with van der Waals surface area (Å²) in [5.41, 5.74) is 0.942. The van der Waals surface area contributed by atoms with Crippen LogP contribution in [-0.2, 0) is 6.54 Å². The van der Waals surface area contributed by atoms with Gasteiger partial charge in [0.05, 0.1) is 5.56 Å². The molecule has 18 heavy (non-hydrogen) atoms. The Morgan fingerprint density at radius 2 is 2.17 bits per heavy atom. The van der Waals surface area contributed by atoms with Crippen LogP contribution in [-0.4, -0.2) is 11.1 Å². The summed E-state index contributed by atoms with van der Waals surface area (Å²) in [5.74, 6) is -0.915. The van der Waals surface area contributed by atoms with E-state index in [0.29, 0.717) is 17.8 Å². The summed E-state index contributed by atoms with van der Waals surface area (Å²) < 4.78 is 1.09. The fourth-order valence-electron chi connectivity index (χ4n) is 1.61. The maximum absolute atomic E-state index is 11.0. The normalized spacial score (nSPS) is 10.3. The molecule has 0 atom stereocenters. The van der Waals surface area contributed by atoms with Crippen molar-refractivity contribution in [2.24, 2.45) is 0 Å². The zero-order valence-electron chi connectivity index (χ0n) is 9.74. The minimum Gasteiger partial charge on any atom is -0.478 e. The highest BCUT2D eigenvalue weighted by atomic mass is 79.9. The van der Waals surface area contributed by atoms with E-state index in [1.54, 1.807) is 29.5 Å². The number of rotatable bonds is 4. The highest BCUT2D eigenvalue weighted by Crippen LogP contribution is 2.27. The molecule has 0 aliphatic carbocycles. The topological polar surface area (TPSA) is 49.3 Å². The minimum atomic E-state index is -0.915. The molecule has 0 saturated heterocycles. The molecule has 0 fully saturated rings. The highest BCUT2D eigenvalue weighted by molar-refractivity contribution is 9.10. The first-order valence-corrected chi connectivity index (χ1v) is 7.00. The average molecular weight is 326 g/mol. The molecule has 94 valence electrons. The van der Waals surface area contributed by atoms with Crippen LogP contribution in [0, 0.1) is 6.92 Å². The molecule has 0 unspecified atom stereocenters. The first-order chi connectivity index (χ1) is 8.58. The molecule has 0 aliphatic heterocycles. The van der Waals surface area contributed by atoms with Crippen LogP contribution in [0.4, 0.5) is 5.69 Å². The van der Waals surface area contributed by atoms with Crippen molar-refractivity contribution in [2.45, 2.75) is 13.5 Å². The summed E-state index contributed by atoms with van der Waals surface area (Å²) in [6.45, 7) is 2.67. The number of aromatic carboxylic acids is 1. The van der Waals surface area contributed by atoms with E-state index in [0.717, 1.165) is 4.47 Å². The highest BCUT2D eigenvalue weighted by Gasteiger charge is 2.09. The monoisotopic (exact) mass is 325 g/mol. The molecule has 2 N–H and O–H groups in total. The third-order valence-corrected chi connectivity index (χ3v) is 4.66. The van der Waals surface area contributed by atoms with Crippen molar-refractivity contribution in [3.63, 3.8) is 0 Å². The minimum absolute atomic E-state index is 0.296. The largest absolute Gasteiger partial charge is 0.478 e. The van der Waals surface area contributed by atoms with Crippen molar-refractivity contribution in [2.75, 3.05) is 5.32 Å². The van der Waals surface area contributed by atoms with Gasteiger partial charge in [-0.1, -0.05) is 12.1 Å². The number of hydrogen-bond acceptors (Lipinski definition) is 3. The van der Waals surface area contributed by atoms with Crippen molar-refractivity contribution in [1.29, 1.82) is 0 Å². The molecule has 3 nitrogen and oxygen atoms in total. The molecule has 1 aromatic carbocycles. The second kappa shape index (κ2) is 5.54. The summed E-state index contributed by atoms with van der Waals surface area (Å²) in [7, 11) is 0. The van der Waals surface area contributed by atoms with Gasteiger partial charge in [0.1, 0.15) is 0 Å². The number of halogens is 1. The molecular formula is C13H12BrNO2S. The van der Waals surface area contributed by atoms with E-state index in [2.05, 4.69) is 27.3 Å². The van der Waals surface area contributed by atoms with Crippen LogP contribution in [0.5, 0.6) is 0 Å². The van der Waals surface area contributed by atoms with Crippen LogP contribution in [0.15, 0.2) is 34.8 Å². The number of carboxylic acids is 1. The molecular weight excluding hydrogens is 314 g/mol. The molecule has 2 rings (SSSR count). The van der Waals surface area contributed by atoms with Gasteiger partial charge < -0.3 is 10.4 Å². The van der Waals surface area contributed by atoms with Gasteiger partial charge in [0, 0.05) is 26.5 Å². The maximum Gasteiger partial charge on any atom is 0.337 e. The molecule has 0 bridgehead atoms. The lowest BCUT2D eigenvalue weighted by Gasteiger charge is -2.07. The second-order valence-corrected chi connectivity index (χ2v) is 6.02. The zero-order valence-corrected chi connectivity index (χ0v) is 12.1. The van der Waals surface area contributed by atoms with E-state index in [9.17, 15) is 4.79 Å². The predicted molar refractivity (Wildman–Crippen MR) is 77.5 cm³/mol. The Morgan fingerprint density at radius 3 is 2.78 bits per heavy atom. The number of carboxylic acid groups (broad SMARTS) is 1. The van der Waals surface area contributed by atoms with Crippen molar-refractivity contribution >= 4 is 38.9 Å². The number of nitrogens with one attached hydrogen (secondary N) is 1. The molecule has 5 heteroatoms. The summed E-state index contributed by atoms with van der Waals surface area (Å²) in [6, 6.07) is 8.97. The summed E-state index contributed by atoms with van der Waals surface area (Å²) in [6.07, 6.45) is 0. The fraction of sp³-hybridized carbons (Fsp3) is 0.154. The number of aryl methyl sites for hydroxylation is 1. The Hall–Kier alpha value is -1.33. The van der Waals surface area contributed by atoms with Crippen LogP contribution >= 0.6 is 27.3 Å². The quantitative estimate of drug-likeness (QED) is 0.888. The first kappa shape index (κ1) is 13.1. The Labute approximate surface area is 118 Å². The molecule has 0 amide bonds. The standard InChI is InChI=1S/C13H12BrNO2S/c1-8-11(14)6-9(18-8)7-15-12-5-3-2-4-10(12)13(16)17/h2-6,15H,7H2,1H3,(H,16,17). The van der Waals surface area contributed by atoms with Crippen LogP contribution in [0.2, 0.25) is 0 Å². The van der Waals surface area contributed by atoms with Gasteiger partial charge in [0.25, 0.3) is 0 Å². The number of carbonyl (C=O) groups is 1. The number of thiophene rings is 1. The molecule has 0 aliphatic rings. The van der Waals surface area contributed by atoms with Crippen molar-refractivity contribution in [1.82, 2.24) is 0 Å². The number of para-hydroxylation sites is 1. The lowest BCUT2D eigenvalue weighted by molar-refractivity contribution is 0.0698. The Balaban J connectivity index is 2.13. The smallest absolute Gasteiger partial charge is 0.337 e. The van der Waals surface area contributed by atoms with E-state index in [1.165, 1.54) is 9.75 Å². The summed E-state index contributed by atoms with van der Waals surface area (Å²) in [5, 5.41) is 12.2. The predicted octanol–water partition coefficient (Wildman–Crippen LogP) is 4.13. The van der Waals surface area contributed by atoms with Crippen LogP contribution in [0.25, 0.3) is 0 Å². The molecule has 1 aromatic heterocycles. The van der Waals surface area contributed by atoms with Gasteiger partial charge in [0.2, 0.25) is 0 Å². The van der Waals surface area contributed by atoms with Crippen molar-refractivity contribution < 1.29 is 9.90 Å². The SMILES string of the molecule is Cc1sc(CNc2ccccc2C(=O)O)cc1Br. The molecule has 2 aromatic rings. The van der Waals surface area contributed by atoms with Gasteiger partial charge in [-0.2, -0.15) is 0 Å². The van der Waals surface area contributed by atoms with Gasteiger partial charge in [0.15, 0.2) is 0 Å². The molecule has 0 saturated carbocycles.